The van der Waals surface area contributed by atoms with Gasteiger partial charge in [-0.2, -0.15) is 0 Å². The van der Waals surface area contributed by atoms with Crippen molar-refractivity contribution in [2.24, 2.45) is 0 Å². The molecular formula is C18H20N2O3. The van der Waals surface area contributed by atoms with Gasteiger partial charge in [0.15, 0.2) is 0 Å². The van der Waals surface area contributed by atoms with Crippen molar-refractivity contribution in [1.29, 1.82) is 0 Å². The number of methoxy groups -OCH3 is 1. The van der Waals surface area contributed by atoms with Gasteiger partial charge >= 0.3 is 11.8 Å². The van der Waals surface area contributed by atoms with Crippen molar-refractivity contribution in [2.45, 2.75) is 20.4 Å². The van der Waals surface area contributed by atoms with Gasteiger partial charge in [0.2, 0.25) is 0 Å². The first-order chi connectivity index (χ1) is 11.0. The average Bonchev–Trinajstić information content (AvgIpc) is 2.56. The Bertz CT molecular complexity index is 726. The molecule has 0 fully saturated rings. The fourth-order valence-corrected chi connectivity index (χ4v) is 2.05. The van der Waals surface area contributed by atoms with Gasteiger partial charge in [-0.05, 0) is 54.8 Å². The molecule has 120 valence electrons. The number of aryl methyl sites for hydroxylation is 2. The van der Waals surface area contributed by atoms with Crippen LogP contribution in [0.4, 0.5) is 5.69 Å². The van der Waals surface area contributed by atoms with Crippen LogP contribution in [0.15, 0.2) is 42.5 Å². The summed E-state index contributed by atoms with van der Waals surface area (Å²) in [7, 11) is 1.58. The molecule has 0 saturated carbocycles. The van der Waals surface area contributed by atoms with Crippen molar-refractivity contribution in [1.82, 2.24) is 5.32 Å². The van der Waals surface area contributed by atoms with Crippen molar-refractivity contribution < 1.29 is 14.3 Å². The summed E-state index contributed by atoms with van der Waals surface area (Å²) in [5.74, 6) is -0.654. The number of carbonyl (C=O) groups excluding carboxylic acids is 2. The second-order valence-electron chi connectivity index (χ2n) is 5.29. The van der Waals surface area contributed by atoms with Crippen LogP contribution in [0, 0.1) is 13.8 Å². The molecule has 0 spiro atoms. The number of nitrogens with one attached hydrogen (secondary N) is 2. The second kappa shape index (κ2) is 7.45. The molecule has 2 N–H and O–H groups in total. The predicted molar refractivity (Wildman–Crippen MR) is 89.4 cm³/mol. The molecule has 0 aliphatic carbocycles. The Hall–Kier alpha value is -2.82. The van der Waals surface area contributed by atoms with Gasteiger partial charge in [-0.1, -0.05) is 18.2 Å². The van der Waals surface area contributed by atoms with Gasteiger partial charge < -0.3 is 15.4 Å². The molecule has 0 aromatic heterocycles. The molecule has 5 heteroatoms. The van der Waals surface area contributed by atoms with Gasteiger partial charge in [-0.15, -0.1) is 0 Å². The van der Waals surface area contributed by atoms with E-state index < -0.39 is 11.8 Å². The molecule has 2 rings (SSSR count). The van der Waals surface area contributed by atoms with E-state index in [1.54, 1.807) is 13.2 Å². The highest BCUT2D eigenvalue weighted by atomic mass is 16.5. The molecule has 2 aromatic rings. The maximum Gasteiger partial charge on any atom is 0.313 e. The molecule has 0 atom stereocenters. The average molecular weight is 312 g/mol. The quantitative estimate of drug-likeness (QED) is 0.853. The summed E-state index contributed by atoms with van der Waals surface area (Å²) in [5, 5.41) is 5.18. The minimum absolute atomic E-state index is 0.260. The van der Waals surface area contributed by atoms with Gasteiger partial charge in [-0.25, -0.2) is 0 Å². The first kappa shape index (κ1) is 16.5. The summed E-state index contributed by atoms with van der Waals surface area (Å²) in [6, 6.07) is 12.8. The topological polar surface area (TPSA) is 67.4 Å². The van der Waals surface area contributed by atoms with Crippen LogP contribution in [-0.4, -0.2) is 18.9 Å². The summed E-state index contributed by atoms with van der Waals surface area (Å²) < 4.78 is 5.12. The molecule has 2 amide bonds. The van der Waals surface area contributed by atoms with Crippen molar-refractivity contribution in [3.8, 4) is 5.75 Å². The number of ether oxygens (including phenoxy) is 1. The smallest absolute Gasteiger partial charge is 0.313 e. The third kappa shape index (κ3) is 4.57. The van der Waals surface area contributed by atoms with Crippen LogP contribution in [0.25, 0.3) is 0 Å². The van der Waals surface area contributed by atoms with Gasteiger partial charge in [0, 0.05) is 12.2 Å². The van der Waals surface area contributed by atoms with E-state index >= 15 is 0 Å². The van der Waals surface area contributed by atoms with Crippen LogP contribution in [-0.2, 0) is 16.1 Å². The zero-order valence-corrected chi connectivity index (χ0v) is 13.5. The molecule has 5 nitrogen and oxygen atoms in total. The largest absolute Gasteiger partial charge is 0.497 e. The zero-order chi connectivity index (χ0) is 16.8. The maximum absolute atomic E-state index is 11.9. The number of hydrogen-bond acceptors (Lipinski definition) is 3. The molecule has 0 unspecified atom stereocenters. The van der Waals surface area contributed by atoms with Gasteiger partial charge in [0.05, 0.1) is 7.11 Å². The highest BCUT2D eigenvalue weighted by Gasteiger charge is 2.13. The summed E-state index contributed by atoms with van der Waals surface area (Å²) >= 11 is 0. The van der Waals surface area contributed by atoms with Gasteiger partial charge in [-0.3, -0.25) is 9.59 Å². The minimum Gasteiger partial charge on any atom is -0.497 e. The first-order valence-electron chi connectivity index (χ1n) is 7.29. The molecule has 0 bridgehead atoms. The van der Waals surface area contributed by atoms with Crippen LogP contribution in [0.3, 0.4) is 0 Å². The van der Waals surface area contributed by atoms with E-state index in [9.17, 15) is 9.59 Å². The number of rotatable bonds is 4. The van der Waals surface area contributed by atoms with E-state index in [2.05, 4.69) is 10.6 Å². The van der Waals surface area contributed by atoms with Crippen LogP contribution >= 0.6 is 0 Å². The van der Waals surface area contributed by atoms with Crippen LogP contribution < -0.4 is 15.4 Å². The van der Waals surface area contributed by atoms with Crippen LogP contribution in [0.1, 0.15) is 16.7 Å². The molecule has 0 aliphatic rings. The van der Waals surface area contributed by atoms with Gasteiger partial charge in [0.1, 0.15) is 5.75 Å². The molecule has 0 aliphatic heterocycles. The number of hydrogen-bond donors (Lipinski definition) is 2. The highest BCUT2D eigenvalue weighted by Crippen LogP contribution is 2.14. The SMILES string of the molecule is COc1cccc(CNC(=O)C(=O)Nc2ccc(C)c(C)c2)c1. The molecule has 23 heavy (non-hydrogen) atoms. The van der Waals surface area contributed by atoms with Crippen molar-refractivity contribution >= 4 is 17.5 Å². The van der Waals surface area contributed by atoms with Crippen molar-refractivity contribution in [3.63, 3.8) is 0 Å². The lowest BCUT2D eigenvalue weighted by Gasteiger charge is -2.09. The fraction of sp³-hybridized carbons (Fsp3) is 0.222. The number of carbonyl (C=O) groups is 2. The van der Waals surface area contributed by atoms with Crippen molar-refractivity contribution in [2.75, 3.05) is 12.4 Å². The third-order valence-electron chi connectivity index (χ3n) is 3.56. The third-order valence-corrected chi connectivity index (χ3v) is 3.56. The van der Waals surface area contributed by atoms with Crippen LogP contribution in [0.2, 0.25) is 0 Å². The number of benzene rings is 2. The molecular weight excluding hydrogens is 292 g/mol. The summed E-state index contributed by atoms with van der Waals surface area (Å²) in [4.78, 5) is 23.8. The molecule has 0 saturated heterocycles. The standard InChI is InChI=1S/C18H20N2O3/c1-12-7-8-15(9-13(12)2)20-18(22)17(21)19-11-14-5-4-6-16(10-14)23-3/h4-10H,11H2,1-3H3,(H,19,21)(H,20,22). The summed E-state index contributed by atoms with van der Waals surface area (Å²) in [6.07, 6.45) is 0. The Balaban J connectivity index is 1.91. The van der Waals surface area contributed by atoms with E-state index in [-0.39, 0.29) is 6.54 Å². The monoisotopic (exact) mass is 312 g/mol. The lowest BCUT2D eigenvalue weighted by molar-refractivity contribution is -0.136. The Morgan fingerprint density at radius 3 is 2.48 bits per heavy atom. The van der Waals surface area contributed by atoms with Crippen LogP contribution in [0.5, 0.6) is 5.75 Å². The minimum atomic E-state index is -0.684. The van der Waals surface area contributed by atoms with E-state index in [1.165, 1.54) is 0 Å². The lowest BCUT2D eigenvalue weighted by Crippen LogP contribution is -2.34. The second-order valence-corrected chi connectivity index (χ2v) is 5.29. The maximum atomic E-state index is 11.9. The van der Waals surface area contributed by atoms with E-state index in [1.807, 2.05) is 50.2 Å². The Morgan fingerprint density at radius 2 is 1.78 bits per heavy atom. The zero-order valence-electron chi connectivity index (χ0n) is 13.5. The fourth-order valence-electron chi connectivity index (χ4n) is 2.05. The van der Waals surface area contributed by atoms with Crippen molar-refractivity contribution in [3.05, 3.63) is 59.2 Å². The number of amides is 2. The van der Waals surface area contributed by atoms with Gasteiger partial charge in [0.25, 0.3) is 0 Å². The lowest BCUT2D eigenvalue weighted by atomic mass is 10.1. The summed E-state index contributed by atoms with van der Waals surface area (Å²) in [6.45, 7) is 4.20. The highest BCUT2D eigenvalue weighted by molar-refractivity contribution is 6.39. The first-order valence-corrected chi connectivity index (χ1v) is 7.29. The van der Waals surface area contributed by atoms with E-state index in [0.717, 1.165) is 16.7 Å². The Labute approximate surface area is 135 Å². The van der Waals surface area contributed by atoms with E-state index in [4.69, 9.17) is 4.74 Å². The van der Waals surface area contributed by atoms with E-state index in [0.29, 0.717) is 11.4 Å². The molecule has 0 radical (unpaired) electrons. The Morgan fingerprint density at radius 1 is 1.00 bits per heavy atom. The Kier molecular flexibility index (Phi) is 5.36. The predicted octanol–water partition coefficient (Wildman–Crippen LogP) is 2.57. The normalized spacial score (nSPS) is 10.0. The number of anilines is 1. The summed E-state index contributed by atoms with van der Waals surface area (Å²) in [5.41, 5.74) is 3.65. The molecule has 2 aromatic carbocycles. The molecule has 0 heterocycles.